The highest BCUT2D eigenvalue weighted by atomic mass is 16.6. The Hall–Kier alpha value is -3.61. The number of carboxylic acids is 1. The fourth-order valence-electron chi connectivity index (χ4n) is 2.49. The number of amides is 3. The standard InChI is InChI=1S/C21H28N4O6/c1-11(2)16(25-20(30)31-21(4,5)6)18(27)23-12(3)17(26)24-14-7-8-15(19(28)29)13(9-14)10-22/h7-9,11-12,16H,1-6H3,(H,23,27)(H,24,26)(H,25,30)(H,28,29). The van der Waals surface area contributed by atoms with Crippen LogP contribution in [0.2, 0.25) is 0 Å². The number of alkyl carbamates (subject to hydrolysis) is 1. The third-order valence-electron chi connectivity index (χ3n) is 4.01. The Morgan fingerprint density at radius 1 is 1.06 bits per heavy atom. The monoisotopic (exact) mass is 432 g/mol. The molecule has 0 spiro atoms. The number of aromatic carboxylic acids is 1. The summed E-state index contributed by atoms with van der Waals surface area (Å²) in [5.41, 5.74) is -0.813. The lowest BCUT2D eigenvalue weighted by atomic mass is 10.0. The molecule has 0 saturated carbocycles. The van der Waals surface area contributed by atoms with Gasteiger partial charge in [0.2, 0.25) is 11.8 Å². The zero-order chi connectivity index (χ0) is 23.9. The van der Waals surface area contributed by atoms with Crippen LogP contribution in [0.4, 0.5) is 10.5 Å². The second-order valence-electron chi connectivity index (χ2n) is 8.26. The van der Waals surface area contributed by atoms with Gasteiger partial charge in [0, 0.05) is 5.69 Å². The predicted molar refractivity (Wildman–Crippen MR) is 112 cm³/mol. The molecule has 0 fully saturated rings. The van der Waals surface area contributed by atoms with Crippen LogP contribution in [0.15, 0.2) is 18.2 Å². The third-order valence-corrected chi connectivity index (χ3v) is 4.01. The lowest BCUT2D eigenvalue weighted by molar-refractivity contribution is -0.128. The molecule has 1 aromatic rings. The molecule has 3 amide bonds. The van der Waals surface area contributed by atoms with Crippen molar-refractivity contribution < 1.29 is 29.0 Å². The van der Waals surface area contributed by atoms with E-state index in [0.717, 1.165) is 0 Å². The van der Waals surface area contributed by atoms with Gasteiger partial charge in [0.05, 0.1) is 11.1 Å². The highest BCUT2D eigenvalue weighted by Gasteiger charge is 2.29. The Morgan fingerprint density at radius 2 is 1.68 bits per heavy atom. The molecular formula is C21H28N4O6. The van der Waals surface area contributed by atoms with Gasteiger partial charge in [-0.25, -0.2) is 9.59 Å². The van der Waals surface area contributed by atoms with Crippen LogP contribution in [0.5, 0.6) is 0 Å². The van der Waals surface area contributed by atoms with Crippen molar-refractivity contribution in [2.75, 3.05) is 5.32 Å². The summed E-state index contributed by atoms with van der Waals surface area (Å²) in [6, 6.07) is 3.65. The van der Waals surface area contributed by atoms with Gasteiger partial charge < -0.3 is 25.8 Å². The quantitative estimate of drug-likeness (QED) is 0.514. The zero-order valence-electron chi connectivity index (χ0n) is 18.4. The molecular weight excluding hydrogens is 404 g/mol. The van der Waals surface area contributed by atoms with Crippen molar-refractivity contribution >= 4 is 29.6 Å². The normalized spacial score (nSPS) is 12.8. The van der Waals surface area contributed by atoms with E-state index >= 15 is 0 Å². The van der Waals surface area contributed by atoms with E-state index in [1.165, 1.54) is 25.1 Å². The second-order valence-corrected chi connectivity index (χ2v) is 8.26. The number of carboxylic acid groups (broad SMARTS) is 1. The lowest BCUT2D eigenvalue weighted by Gasteiger charge is -2.26. The fraction of sp³-hybridized carbons (Fsp3) is 0.476. The first-order valence-corrected chi connectivity index (χ1v) is 9.63. The van der Waals surface area contributed by atoms with Crippen molar-refractivity contribution in [1.82, 2.24) is 10.6 Å². The van der Waals surface area contributed by atoms with Crippen LogP contribution < -0.4 is 16.0 Å². The van der Waals surface area contributed by atoms with Gasteiger partial charge in [-0.1, -0.05) is 13.8 Å². The molecule has 0 radical (unpaired) electrons. The first-order chi connectivity index (χ1) is 14.2. The summed E-state index contributed by atoms with van der Waals surface area (Å²) in [7, 11) is 0. The molecule has 0 heterocycles. The van der Waals surface area contributed by atoms with Gasteiger partial charge in [0.15, 0.2) is 0 Å². The van der Waals surface area contributed by atoms with Crippen LogP contribution in [0, 0.1) is 17.2 Å². The van der Waals surface area contributed by atoms with E-state index in [1.807, 2.05) is 0 Å². The Morgan fingerprint density at radius 3 is 2.16 bits per heavy atom. The predicted octanol–water partition coefficient (Wildman–Crippen LogP) is 2.25. The first kappa shape index (κ1) is 25.4. The topological polar surface area (TPSA) is 158 Å². The van der Waals surface area contributed by atoms with Crippen molar-refractivity contribution in [1.29, 1.82) is 5.26 Å². The Balaban J connectivity index is 2.82. The number of ether oxygens (including phenoxy) is 1. The maximum absolute atomic E-state index is 12.6. The third kappa shape index (κ3) is 7.97. The van der Waals surface area contributed by atoms with Gasteiger partial charge in [-0.2, -0.15) is 5.26 Å². The number of carbonyl (C=O) groups is 4. The van der Waals surface area contributed by atoms with E-state index in [4.69, 9.17) is 15.1 Å². The molecule has 10 heteroatoms. The molecule has 10 nitrogen and oxygen atoms in total. The molecule has 0 aliphatic heterocycles. The Labute approximate surface area is 181 Å². The van der Waals surface area contributed by atoms with Crippen LogP contribution in [-0.4, -0.2) is 46.7 Å². The summed E-state index contributed by atoms with van der Waals surface area (Å²) < 4.78 is 5.17. The van der Waals surface area contributed by atoms with Gasteiger partial charge in [-0.3, -0.25) is 9.59 Å². The number of carbonyl (C=O) groups excluding carboxylic acids is 3. The average Bonchev–Trinajstić information content (AvgIpc) is 2.63. The number of benzene rings is 1. The minimum Gasteiger partial charge on any atom is -0.478 e. The van der Waals surface area contributed by atoms with E-state index in [-0.39, 0.29) is 22.7 Å². The Kier molecular flexibility index (Phi) is 8.55. The lowest BCUT2D eigenvalue weighted by Crippen LogP contribution is -2.54. The van der Waals surface area contributed by atoms with Crippen LogP contribution in [0.25, 0.3) is 0 Å². The van der Waals surface area contributed by atoms with Crippen LogP contribution in [-0.2, 0) is 14.3 Å². The maximum Gasteiger partial charge on any atom is 0.408 e. The van der Waals surface area contributed by atoms with Crippen molar-refractivity contribution in [3.05, 3.63) is 29.3 Å². The van der Waals surface area contributed by atoms with Crippen molar-refractivity contribution in [3.8, 4) is 6.07 Å². The number of anilines is 1. The van der Waals surface area contributed by atoms with Crippen molar-refractivity contribution in [3.63, 3.8) is 0 Å². The Bertz CT molecular complexity index is 898. The SMILES string of the molecule is CC(NC(=O)C(NC(=O)OC(C)(C)C)C(C)C)C(=O)Nc1ccc(C(=O)O)c(C#N)c1. The van der Waals surface area contributed by atoms with Crippen molar-refractivity contribution in [2.45, 2.75) is 59.2 Å². The first-order valence-electron chi connectivity index (χ1n) is 9.63. The molecule has 1 aromatic carbocycles. The minimum absolute atomic E-state index is 0.108. The van der Waals surface area contributed by atoms with Crippen LogP contribution in [0.3, 0.4) is 0 Å². The number of nitrogens with zero attached hydrogens (tertiary/aromatic N) is 1. The van der Waals surface area contributed by atoms with Gasteiger partial charge in [-0.15, -0.1) is 0 Å². The van der Waals surface area contributed by atoms with Gasteiger partial charge >= 0.3 is 12.1 Å². The highest BCUT2D eigenvalue weighted by Crippen LogP contribution is 2.16. The highest BCUT2D eigenvalue weighted by molar-refractivity contribution is 5.99. The van der Waals surface area contributed by atoms with Gasteiger partial charge in [0.25, 0.3) is 0 Å². The van der Waals surface area contributed by atoms with E-state index in [9.17, 15) is 19.2 Å². The number of hydrogen-bond acceptors (Lipinski definition) is 6. The summed E-state index contributed by atoms with van der Waals surface area (Å²) >= 11 is 0. The van der Waals surface area contributed by atoms with E-state index < -0.39 is 41.6 Å². The minimum atomic E-state index is -1.26. The van der Waals surface area contributed by atoms with Crippen molar-refractivity contribution in [2.24, 2.45) is 5.92 Å². The van der Waals surface area contributed by atoms with Gasteiger partial charge in [0.1, 0.15) is 23.8 Å². The van der Waals surface area contributed by atoms with E-state index in [2.05, 4.69) is 16.0 Å². The zero-order valence-corrected chi connectivity index (χ0v) is 18.4. The molecule has 2 unspecified atom stereocenters. The molecule has 4 N–H and O–H groups in total. The van der Waals surface area contributed by atoms with Gasteiger partial charge in [-0.05, 0) is 51.8 Å². The molecule has 0 aromatic heterocycles. The fourth-order valence-corrected chi connectivity index (χ4v) is 2.49. The number of nitriles is 1. The number of hydrogen-bond donors (Lipinski definition) is 4. The smallest absolute Gasteiger partial charge is 0.408 e. The summed E-state index contributed by atoms with van der Waals surface area (Å²) in [6.45, 7) is 10.0. The summed E-state index contributed by atoms with van der Waals surface area (Å²) in [5.74, 6) is -2.68. The molecule has 0 bridgehead atoms. The summed E-state index contributed by atoms with van der Waals surface area (Å²) in [5, 5.41) is 25.7. The maximum atomic E-state index is 12.6. The van der Waals surface area contributed by atoms with E-state index in [0.29, 0.717) is 0 Å². The molecule has 0 aliphatic rings. The number of nitrogens with one attached hydrogen (secondary N) is 3. The summed E-state index contributed by atoms with van der Waals surface area (Å²) in [6.07, 6.45) is -0.749. The average molecular weight is 432 g/mol. The molecule has 0 saturated heterocycles. The molecule has 2 atom stereocenters. The van der Waals surface area contributed by atoms with E-state index in [1.54, 1.807) is 40.7 Å². The second kappa shape index (κ2) is 10.4. The van der Waals surface area contributed by atoms with Crippen LogP contribution in [0.1, 0.15) is 57.5 Å². The molecule has 0 aliphatic carbocycles. The molecule has 1 rings (SSSR count). The van der Waals surface area contributed by atoms with Crippen LogP contribution >= 0.6 is 0 Å². The molecule has 168 valence electrons. The summed E-state index contributed by atoms with van der Waals surface area (Å²) in [4.78, 5) is 48.1. The number of rotatable bonds is 7. The molecule has 31 heavy (non-hydrogen) atoms. The largest absolute Gasteiger partial charge is 0.478 e.